The van der Waals surface area contributed by atoms with Gasteiger partial charge in [0, 0.05) is 24.6 Å². The summed E-state index contributed by atoms with van der Waals surface area (Å²) < 4.78 is 5.40. The molecule has 5 heteroatoms. The molecule has 1 aromatic heterocycles. The highest BCUT2D eigenvalue weighted by Crippen LogP contribution is 2.23. The van der Waals surface area contributed by atoms with Gasteiger partial charge in [0.1, 0.15) is 0 Å². The molecule has 0 spiro atoms. The first-order valence-corrected chi connectivity index (χ1v) is 10.2. The lowest BCUT2D eigenvalue weighted by Crippen LogP contribution is -2.38. The molecule has 1 N–H and O–H groups in total. The molecule has 3 rings (SSSR count). The highest BCUT2D eigenvalue weighted by atomic mass is 32.1. The van der Waals surface area contributed by atoms with Crippen LogP contribution in [0, 0.1) is 0 Å². The molecule has 2 fully saturated rings. The summed E-state index contributed by atoms with van der Waals surface area (Å²) >= 11 is 1.66. The van der Waals surface area contributed by atoms with Crippen molar-refractivity contribution in [2.75, 3.05) is 20.2 Å². The van der Waals surface area contributed by atoms with E-state index in [9.17, 15) is 4.79 Å². The van der Waals surface area contributed by atoms with E-state index in [1.165, 1.54) is 43.6 Å². The molecule has 0 aromatic carbocycles. The van der Waals surface area contributed by atoms with E-state index in [0.717, 1.165) is 37.1 Å². The molecule has 0 atom stereocenters. The molecule has 0 radical (unpaired) electrons. The van der Waals surface area contributed by atoms with Gasteiger partial charge in [-0.3, -0.25) is 9.69 Å². The van der Waals surface area contributed by atoms with E-state index < -0.39 is 0 Å². The van der Waals surface area contributed by atoms with Crippen LogP contribution in [0.1, 0.15) is 65.9 Å². The van der Waals surface area contributed by atoms with Crippen molar-refractivity contribution in [3.63, 3.8) is 0 Å². The van der Waals surface area contributed by atoms with Crippen LogP contribution in [0.25, 0.3) is 0 Å². The van der Waals surface area contributed by atoms with Gasteiger partial charge in [0.15, 0.2) is 0 Å². The van der Waals surface area contributed by atoms with Gasteiger partial charge in [-0.05, 0) is 63.7 Å². The second-order valence-electron chi connectivity index (χ2n) is 7.14. The number of carbonyl (C=O) groups is 1. The summed E-state index contributed by atoms with van der Waals surface area (Å²) in [6.45, 7) is 3.39. The van der Waals surface area contributed by atoms with Crippen LogP contribution in [0.15, 0.2) is 12.1 Å². The van der Waals surface area contributed by atoms with Crippen molar-refractivity contribution in [3.05, 3.63) is 21.9 Å². The molecular formula is C19H30N2O2S. The zero-order valence-corrected chi connectivity index (χ0v) is 15.6. The summed E-state index contributed by atoms with van der Waals surface area (Å²) in [5.41, 5.74) is 0. The molecule has 2 heterocycles. The second kappa shape index (κ2) is 8.97. The van der Waals surface area contributed by atoms with E-state index in [1.807, 2.05) is 6.07 Å². The van der Waals surface area contributed by atoms with E-state index in [1.54, 1.807) is 18.4 Å². The topological polar surface area (TPSA) is 41.6 Å². The van der Waals surface area contributed by atoms with Crippen molar-refractivity contribution in [2.24, 2.45) is 0 Å². The number of hydrogen-bond acceptors (Lipinski definition) is 4. The Kier molecular flexibility index (Phi) is 6.69. The Morgan fingerprint density at radius 2 is 1.88 bits per heavy atom. The molecule has 0 unspecified atom stereocenters. The maximum absolute atomic E-state index is 12.5. The summed E-state index contributed by atoms with van der Waals surface area (Å²) in [4.78, 5) is 17.2. The summed E-state index contributed by atoms with van der Waals surface area (Å²) in [5.74, 6) is 0.1000. The molecule has 1 aromatic rings. The first-order chi connectivity index (χ1) is 11.7. The van der Waals surface area contributed by atoms with Crippen LogP contribution < -0.4 is 5.32 Å². The maximum atomic E-state index is 12.5. The Bertz CT molecular complexity index is 515. The number of hydrogen-bond donors (Lipinski definition) is 1. The van der Waals surface area contributed by atoms with Crippen LogP contribution in [0.2, 0.25) is 0 Å². The molecule has 0 bridgehead atoms. The van der Waals surface area contributed by atoms with Crippen LogP contribution >= 0.6 is 11.3 Å². The first kappa shape index (κ1) is 17.9. The van der Waals surface area contributed by atoms with E-state index in [2.05, 4.69) is 16.3 Å². The van der Waals surface area contributed by atoms with Crippen molar-refractivity contribution < 1.29 is 9.53 Å². The van der Waals surface area contributed by atoms with Gasteiger partial charge in [-0.25, -0.2) is 0 Å². The van der Waals surface area contributed by atoms with Crippen LogP contribution in [-0.2, 0) is 11.3 Å². The number of nitrogens with one attached hydrogen (secondary N) is 1. The van der Waals surface area contributed by atoms with Gasteiger partial charge in [-0.2, -0.15) is 0 Å². The van der Waals surface area contributed by atoms with Crippen molar-refractivity contribution in [2.45, 2.75) is 70.1 Å². The largest absolute Gasteiger partial charge is 0.381 e. The average molecular weight is 351 g/mol. The van der Waals surface area contributed by atoms with Gasteiger partial charge in [0.05, 0.1) is 11.0 Å². The monoisotopic (exact) mass is 350 g/mol. The number of amides is 1. The number of methoxy groups -OCH3 is 1. The minimum absolute atomic E-state index is 0.1000. The quantitative estimate of drug-likeness (QED) is 0.878. The standard InChI is InChI=1S/C19H30N2O2S/c1-23-16-8-6-15(7-9-16)20-19(22)18-11-10-17(24-18)14-21-12-4-2-3-5-13-21/h10-11,15-16H,2-9,12-14H2,1H3,(H,20,22). The van der Waals surface area contributed by atoms with Crippen LogP contribution in [0.3, 0.4) is 0 Å². The molecule has 1 aliphatic heterocycles. The lowest BCUT2D eigenvalue weighted by molar-refractivity contribution is 0.0600. The van der Waals surface area contributed by atoms with Crippen LogP contribution in [0.4, 0.5) is 0 Å². The van der Waals surface area contributed by atoms with Crippen molar-refractivity contribution >= 4 is 17.2 Å². The Morgan fingerprint density at radius 1 is 1.17 bits per heavy atom. The summed E-state index contributed by atoms with van der Waals surface area (Å²) in [6, 6.07) is 4.43. The Hall–Kier alpha value is -0.910. The summed E-state index contributed by atoms with van der Waals surface area (Å²) in [6.07, 6.45) is 9.86. The lowest BCUT2D eigenvalue weighted by atomic mass is 9.93. The van der Waals surface area contributed by atoms with Crippen molar-refractivity contribution in [1.82, 2.24) is 10.2 Å². The van der Waals surface area contributed by atoms with Gasteiger partial charge in [-0.15, -0.1) is 11.3 Å². The minimum atomic E-state index is 0.1000. The highest BCUT2D eigenvalue weighted by molar-refractivity contribution is 7.14. The maximum Gasteiger partial charge on any atom is 0.261 e. The van der Waals surface area contributed by atoms with Crippen LogP contribution in [-0.4, -0.2) is 43.2 Å². The molecule has 1 saturated heterocycles. The Labute approximate surface area is 149 Å². The first-order valence-electron chi connectivity index (χ1n) is 9.39. The zero-order chi connectivity index (χ0) is 16.8. The smallest absolute Gasteiger partial charge is 0.261 e. The molecule has 1 saturated carbocycles. The number of thiophene rings is 1. The van der Waals surface area contributed by atoms with Gasteiger partial charge in [0.25, 0.3) is 5.91 Å². The summed E-state index contributed by atoms with van der Waals surface area (Å²) in [5, 5.41) is 3.21. The summed E-state index contributed by atoms with van der Waals surface area (Å²) in [7, 11) is 1.78. The van der Waals surface area contributed by atoms with E-state index >= 15 is 0 Å². The van der Waals surface area contributed by atoms with Gasteiger partial charge >= 0.3 is 0 Å². The molecule has 1 aliphatic carbocycles. The number of nitrogens with zero attached hydrogens (tertiary/aromatic N) is 1. The molecule has 2 aliphatic rings. The second-order valence-corrected chi connectivity index (χ2v) is 8.31. The molecule has 24 heavy (non-hydrogen) atoms. The van der Waals surface area contributed by atoms with Crippen LogP contribution in [0.5, 0.6) is 0 Å². The number of ether oxygens (including phenoxy) is 1. The predicted octanol–water partition coefficient (Wildman–Crippen LogP) is 3.81. The van der Waals surface area contributed by atoms with Gasteiger partial charge in [0.2, 0.25) is 0 Å². The lowest BCUT2D eigenvalue weighted by Gasteiger charge is -2.28. The molecular weight excluding hydrogens is 320 g/mol. The average Bonchev–Trinajstić information content (AvgIpc) is 2.92. The minimum Gasteiger partial charge on any atom is -0.381 e. The van der Waals surface area contributed by atoms with Crippen molar-refractivity contribution in [1.29, 1.82) is 0 Å². The van der Waals surface area contributed by atoms with E-state index in [-0.39, 0.29) is 5.91 Å². The fraction of sp³-hybridized carbons (Fsp3) is 0.737. The highest BCUT2D eigenvalue weighted by Gasteiger charge is 2.23. The third-order valence-electron chi connectivity index (χ3n) is 5.31. The van der Waals surface area contributed by atoms with Gasteiger partial charge < -0.3 is 10.1 Å². The normalized spacial score (nSPS) is 26.0. The van der Waals surface area contributed by atoms with E-state index in [4.69, 9.17) is 4.74 Å². The Morgan fingerprint density at radius 3 is 2.54 bits per heavy atom. The molecule has 134 valence electrons. The number of likely N-dealkylation sites (tertiary alicyclic amines) is 1. The van der Waals surface area contributed by atoms with Gasteiger partial charge in [-0.1, -0.05) is 12.8 Å². The Balaban J connectivity index is 1.48. The third-order valence-corrected chi connectivity index (χ3v) is 6.38. The molecule has 1 amide bonds. The number of rotatable bonds is 5. The van der Waals surface area contributed by atoms with Crippen molar-refractivity contribution in [3.8, 4) is 0 Å². The fourth-order valence-electron chi connectivity index (χ4n) is 3.80. The fourth-order valence-corrected chi connectivity index (χ4v) is 4.75. The molecule has 4 nitrogen and oxygen atoms in total. The number of carbonyl (C=O) groups excluding carboxylic acids is 1. The SMILES string of the molecule is COC1CCC(NC(=O)c2ccc(CN3CCCCCC3)s2)CC1. The van der Waals surface area contributed by atoms with E-state index in [0.29, 0.717) is 12.1 Å². The third kappa shape index (κ3) is 5.04. The predicted molar refractivity (Wildman–Crippen MR) is 98.6 cm³/mol. The zero-order valence-electron chi connectivity index (χ0n) is 14.8.